The molecule has 0 bridgehead atoms. The predicted molar refractivity (Wildman–Crippen MR) is 104 cm³/mol. The monoisotopic (exact) mass is 392 g/mol. The molecule has 9 nitrogen and oxygen atoms in total. The fourth-order valence-corrected chi connectivity index (χ4v) is 3.32. The second kappa shape index (κ2) is 7.59. The quantitative estimate of drug-likeness (QED) is 0.640. The Morgan fingerprint density at radius 2 is 1.82 bits per heavy atom. The molecule has 0 unspecified atom stereocenters. The van der Waals surface area contributed by atoms with Crippen molar-refractivity contribution in [1.29, 1.82) is 0 Å². The number of aliphatic hydroxyl groups excluding tert-OH is 2. The lowest BCUT2D eigenvalue weighted by atomic mass is 9.81. The number of amides is 1. The first-order valence-electron chi connectivity index (χ1n) is 9.57. The second-order valence-corrected chi connectivity index (χ2v) is 8.43. The van der Waals surface area contributed by atoms with Crippen LogP contribution in [0.5, 0.6) is 0 Å². The summed E-state index contributed by atoms with van der Waals surface area (Å²) in [6.45, 7) is 10.8. The van der Waals surface area contributed by atoms with Gasteiger partial charge in [0.05, 0.1) is 17.8 Å². The Morgan fingerprint density at radius 3 is 2.32 bits per heavy atom. The first-order chi connectivity index (χ1) is 13.1. The summed E-state index contributed by atoms with van der Waals surface area (Å²) in [5, 5.41) is 18.5. The number of carbonyl (C=O) groups is 1. The van der Waals surface area contributed by atoms with Crippen molar-refractivity contribution < 1.29 is 24.3 Å². The van der Waals surface area contributed by atoms with Gasteiger partial charge in [0.25, 0.3) is 5.91 Å². The summed E-state index contributed by atoms with van der Waals surface area (Å²) >= 11 is 0. The minimum absolute atomic E-state index is 0.0220. The van der Waals surface area contributed by atoms with E-state index in [0.717, 1.165) is 5.46 Å². The van der Waals surface area contributed by atoms with Crippen LogP contribution >= 0.6 is 0 Å². The standard InChI is InChI=1S/C18H29BN4O5/c1-12-10-22(15(26)14(25)11-24)6-7-23(12)16-20-8-13(9-21-16)19-27-17(2,3)18(4,5)28-19/h8-9,12,14,24-25H,6-7,10-11H2,1-5H3/t12-,14-/m0/s1. The molecule has 0 saturated carbocycles. The zero-order valence-electron chi connectivity index (χ0n) is 17.1. The molecule has 1 amide bonds. The maximum Gasteiger partial charge on any atom is 0.498 e. The lowest BCUT2D eigenvalue weighted by molar-refractivity contribution is -0.142. The average molecular weight is 392 g/mol. The lowest BCUT2D eigenvalue weighted by Gasteiger charge is -2.40. The van der Waals surface area contributed by atoms with Gasteiger partial charge in [-0.3, -0.25) is 4.79 Å². The lowest BCUT2D eigenvalue weighted by Crippen LogP contribution is -2.56. The van der Waals surface area contributed by atoms with Crippen LogP contribution in [0.15, 0.2) is 12.4 Å². The van der Waals surface area contributed by atoms with Gasteiger partial charge in [0.1, 0.15) is 0 Å². The summed E-state index contributed by atoms with van der Waals surface area (Å²) < 4.78 is 12.1. The van der Waals surface area contributed by atoms with Crippen LogP contribution in [0, 0.1) is 0 Å². The highest BCUT2D eigenvalue weighted by molar-refractivity contribution is 6.61. The van der Waals surface area contributed by atoms with Crippen LogP contribution in [0.4, 0.5) is 5.95 Å². The maximum atomic E-state index is 12.1. The fraction of sp³-hybridized carbons (Fsp3) is 0.722. The fourth-order valence-electron chi connectivity index (χ4n) is 3.32. The van der Waals surface area contributed by atoms with Gasteiger partial charge in [-0.25, -0.2) is 9.97 Å². The summed E-state index contributed by atoms with van der Waals surface area (Å²) in [7, 11) is -0.508. The van der Waals surface area contributed by atoms with Gasteiger partial charge >= 0.3 is 7.12 Å². The molecule has 3 rings (SSSR count). The summed E-state index contributed by atoms with van der Waals surface area (Å²) in [4.78, 5) is 24.6. The van der Waals surface area contributed by atoms with E-state index in [1.54, 1.807) is 17.3 Å². The van der Waals surface area contributed by atoms with Gasteiger partial charge in [-0.1, -0.05) is 0 Å². The van der Waals surface area contributed by atoms with E-state index in [1.807, 2.05) is 39.5 Å². The summed E-state index contributed by atoms with van der Waals surface area (Å²) in [5.74, 6) is 0.119. The van der Waals surface area contributed by atoms with Crippen molar-refractivity contribution in [2.24, 2.45) is 0 Å². The average Bonchev–Trinajstić information content (AvgIpc) is 2.88. The van der Waals surface area contributed by atoms with Crippen molar-refractivity contribution in [3.05, 3.63) is 12.4 Å². The van der Waals surface area contributed by atoms with Crippen molar-refractivity contribution in [2.75, 3.05) is 31.1 Å². The molecule has 2 atom stereocenters. The number of piperazine rings is 1. The minimum Gasteiger partial charge on any atom is -0.399 e. The molecule has 0 aromatic carbocycles. The molecule has 2 N–H and O–H groups in total. The van der Waals surface area contributed by atoms with Crippen LogP contribution in [-0.4, -0.2) is 87.7 Å². The van der Waals surface area contributed by atoms with E-state index in [1.165, 1.54) is 0 Å². The number of hydrogen-bond acceptors (Lipinski definition) is 8. The molecule has 0 spiro atoms. The minimum atomic E-state index is -1.37. The maximum absolute atomic E-state index is 12.1. The number of aliphatic hydroxyl groups is 2. The first kappa shape index (κ1) is 21.0. The second-order valence-electron chi connectivity index (χ2n) is 8.43. The molecule has 10 heteroatoms. The van der Waals surface area contributed by atoms with E-state index >= 15 is 0 Å². The Morgan fingerprint density at radius 1 is 1.25 bits per heavy atom. The molecule has 2 aliphatic rings. The molecule has 2 aliphatic heterocycles. The van der Waals surface area contributed by atoms with Crippen LogP contribution in [-0.2, 0) is 14.1 Å². The molecule has 28 heavy (non-hydrogen) atoms. The largest absolute Gasteiger partial charge is 0.498 e. The third-order valence-electron chi connectivity index (χ3n) is 5.84. The number of carbonyl (C=O) groups excluding carboxylic acids is 1. The highest BCUT2D eigenvalue weighted by atomic mass is 16.7. The molecule has 1 aromatic heterocycles. The third-order valence-corrected chi connectivity index (χ3v) is 5.84. The van der Waals surface area contributed by atoms with E-state index in [2.05, 4.69) is 9.97 Å². The number of rotatable bonds is 4. The summed E-state index contributed by atoms with van der Waals surface area (Å²) in [6.07, 6.45) is 2.06. The normalized spacial score (nSPS) is 25.1. The van der Waals surface area contributed by atoms with Crippen LogP contribution in [0.1, 0.15) is 34.6 Å². The summed E-state index contributed by atoms with van der Waals surface area (Å²) in [6, 6.07) is -0.0220. The Balaban J connectivity index is 1.66. The molecule has 3 heterocycles. The number of aromatic nitrogens is 2. The van der Waals surface area contributed by atoms with Crippen molar-refractivity contribution in [3.63, 3.8) is 0 Å². The van der Waals surface area contributed by atoms with Crippen LogP contribution in [0.25, 0.3) is 0 Å². The number of nitrogens with zero attached hydrogens (tertiary/aromatic N) is 4. The van der Waals surface area contributed by atoms with Crippen LogP contribution < -0.4 is 10.4 Å². The zero-order chi connectivity index (χ0) is 20.7. The van der Waals surface area contributed by atoms with Gasteiger partial charge < -0.3 is 29.3 Å². The van der Waals surface area contributed by atoms with Gasteiger partial charge in [0.2, 0.25) is 5.95 Å². The van der Waals surface area contributed by atoms with Crippen molar-refractivity contribution in [1.82, 2.24) is 14.9 Å². The Hall–Kier alpha value is -1.75. The third kappa shape index (κ3) is 3.87. The Bertz CT molecular complexity index is 698. The van der Waals surface area contributed by atoms with Crippen LogP contribution in [0.3, 0.4) is 0 Å². The highest BCUT2D eigenvalue weighted by Crippen LogP contribution is 2.36. The molecular weight excluding hydrogens is 363 g/mol. The van der Waals surface area contributed by atoms with Crippen molar-refractivity contribution >= 4 is 24.4 Å². The van der Waals surface area contributed by atoms with E-state index < -0.39 is 36.9 Å². The molecular formula is C18H29BN4O5. The molecule has 1 aromatic rings. The summed E-state index contributed by atoms with van der Waals surface area (Å²) in [5.41, 5.74) is -0.0883. The molecule has 2 saturated heterocycles. The van der Waals surface area contributed by atoms with Crippen molar-refractivity contribution in [3.8, 4) is 0 Å². The van der Waals surface area contributed by atoms with Gasteiger partial charge in [-0.2, -0.15) is 0 Å². The SMILES string of the molecule is C[C@H]1CN(C(=O)[C@@H](O)CO)CCN1c1ncc(B2OC(C)(C)C(C)(C)O2)cn1. The number of hydrogen-bond donors (Lipinski definition) is 2. The van der Waals surface area contributed by atoms with E-state index in [9.17, 15) is 9.90 Å². The Kier molecular flexibility index (Phi) is 5.68. The van der Waals surface area contributed by atoms with Gasteiger partial charge in [-0.05, 0) is 34.6 Å². The first-order valence-corrected chi connectivity index (χ1v) is 9.57. The molecule has 0 radical (unpaired) electrons. The smallest absolute Gasteiger partial charge is 0.399 e. The van der Waals surface area contributed by atoms with E-state index in [-0.39, 0.29) is 6.04 Å². The van der Waals surface area contributed by atoms with Crippen molar-refractivity contribution in [2.45, 2.75) is 58.0 Å². The van der Waals surface area contributed by atoms with E-state index in [0.29, 0.717) is 25.6 Å². The van der Waals surface area contributed by atoms with Gasteiger partial charge in [0.15, 0.2) is 6.10 Å². The molecule has 154 valence electrons. The molecule has 2 fully saturated rings. The van der Waals surface area contributed by atoms with E-state index in [4.69, 9.17) is 14.4 Å². The highest BCUT2D eigenvalue weighted by Gasteiger charge is 2.52. The van der Waals surface area contributed by atoms with Crippen LogP contribution in [0.2, 0.25) is 0 Å². The Labute approximate surface area is 165 Å². The van der Waals surface area contributed by atoms with Gasteiger partial charge in [-0.15, -0.1) is 0 Å². The topological polar surface area (TPSA) is 108 Å². The zero-order valence-corrected chi connectivity index (χ0v) is 17.1. The van der Waals surface area contributed by atoms with Gasteiger partial charge in [0, 0.05) is 43.5 Å². The molecule has 0 aliphatic carbocycles. The predicted octanol–water partition coefficient (Wildman–Crippen LogP) is -0.834. The number of anilines is 1.